The number of carbonyl (C=O) groups is 2. The van der Waals surface area contributed by atoms with Crippen LogP contribution in [0.2, 0.25) is 0 Å². The third-order valence-electron chi connectivity index (χ3n) is 3.67. The van der Waals surface area contributed by atoms with Crippen molar-refractivity contribution >= 4 is 23.2 Å². The smallest absolute Gasteiger partial charge is 0.242 e. The molecule has 1 atom stereocenters. The Hall–Kier alpha value is -1.40. The molecule has 0 saturated carbocycles. The number of hydrogen-bond acceptors (Lipinski definition) is 4. The van der Waals surface area contributed by atoms with Crippen molar-refractivity contribution in [2.75, 3.05) is 20.1 Å². The molecular formula is C15H23N3O2S. The number of nitrogens with one attached hydrogen (secondary N) is 2. The number of amides is 2. The van der Waals surface area contributed by atoms with Gasteiger partial charge < -0.3 is 10.6 Å². The van der Waals surface area contributed by atoms with Crippen molar-refractivity contribution in [2.45, 2.75) is 38.8 Å². The minimum absolute atomic E-state index is 0.0578. The fraction of sp³-hybridized carbons (Fsp3) is 0.600. The third-order valence-corrected chi connectivity index (χ3v) is 4.67. The predicted octanol–water partition coefficient (Wildman–Crippen LogP) is 1.27. The molecular weight excluding hydrogens is 286 g/mol. The number of hydrogen-bond donors (Lipinski definition) is 2. The van der Waals surface area contributed by atoms with Crippen LogP contribution in [0.25, 0.3) is 0 Å². The molecule has 0 aromatic carbocycles. The van der Waals surface area contributed by atoms with E-state index >= 15 is 0 Å². The number of nitrogens with zero attached hydrogens (tertiary/aromatic N) is 1. The summed E-state index contributed by atoms with van der Waals surface area (Å²) in [5, 5.41) is 7.74. The van der Waals surface area contributed by atoms with Gasteiger partial charge in [-0.15, -0.1) is 11.3 Å². The molecule has 2 amide bonds. The molecule has 2 N–H and O–H groups in total. The minimum atomic E-state index is -0.378. The van der Waals surface area contributed by atoms with Crippen molar-refractivity contribution in [1.82, 2.24) is 15.5 Å². The van der Waals surface area contributed by atoms with Gasteiger partial charge in [-0.1, -0.05) is 0 Å². The molecule has 1 aromatic rings. The summed E-state index contributed by atoms with van der Waals surface area (Å²) in [7, 11) is 1.92. The van der Waals surface area contributed by atoms with Crippen molar-refractivity contribution in [3.63, 3.8) is 0 Å². The van der Waals surface area contributed by atoms with Crippen LogP contribution >= 0.6 is 11.3 Å². The average molecular weight is 309 g/mol. The highest BCUT2D eigenvalue weighted by atomic mass is 32.1. The highest BCUT2D eigenvalue weighted by Gasteiger charge is 2.22. The van der Waals surface area contributed by atoms with Crippen LogP contribution in [-0.2, 0) is 16.1 Å². The van der Waals surface area contributed by atoms with Gasteiger partial charge in [-0.05, 0) is 50.2 Å². The first kappa shape index (κ1) is 16.0. The number of likely N-dealkylation sites (N-methyl/N-ethyl adjacent to an activating group) is 1. The summed E-state index contributed by atoms with van der Waals surface area (Å²) in [6.45, 7) is 3.85. The molecule has 2 rings (SSSR count). The zero-order chi connectivity index (χ0) is 15.2. The lowest BCUT2D eigenvalue weighted by molar-refractivity contribution is -0.129. The molecule has 1 aliphatic rings. The Balaban J connectivity index is 1.80. The van der Waals surface area contributed by atoms with Gasteiger partial charge in [-0.3, -0.25) is 14.5 Å². The van der Waals surface area contributed by atoms with E-state index in [1.54, 1.807) is 11.3 Å². The van der Waals surface area contributed by atoms with Gasteiger partial charge in [0.25, 0.3) is 0 Å². The normalized spacial score (nSPS) is 19.2. The molecule has 5 nitrogen and oxygen atoms in total. The van der Waals surface area contributed by atoms with Gasteiger partial charge in [0, 0.05) is 18.0 Å². The second-order valence-corrected chi connectivity index (χ2v) is 6.61. The molecule has 6 heteroatoms. The molecule has 0 spiro atoms. The second kappa shape index (κ2) is 7.56. The summed E-state index contributed by atoms with van der Waals surface area (Å²) in [5.74, 6) is -0.147. The third kappa shape index (κ3) is 4.82. The Labute approximate surface area is 129 Å². The van der Waals surface area contributed by atoms with E-state index in [1.165, 1.54) is 10.4 Å². The summed E-state index contributed by atoms with van der Waals surface area (Å²) >= 11 is 1.71. The van der Waals surface area contributed by atoms with E-state index in [1.807, 2.05) is 11.9 Å². The van der Waals surface area contributed by atoms with Gasteiger partial charge in [-0.25, -0.2) is 0 Å². The molecule has 1 fully saturated rings. The molecule has 21 heavy (non-hydrogen) atoms. The van der Waals surface area contributed by atoms with Crippen LogP contribution in [0.15, 0.2) is 11.4 Å². The molecule has 0 aliphatic carbocycles. The first-order valence-corrected chi connectivity index (χ1v) is 8.23. The summed E-state index contributed by atoms with van der Waals surface area (Å²) < 4.78 is 0. The minimum Gasteiger partial charge on any atom is -0.354 e. The average Bonchev–Trinajstić information content (AvgIpc) is 2.70. The van der Waals surface area contributed by atoms with Crippen molar-refractivity contribution in [3.05, 3.63) is 21.9 Å². The van der Waals surface area contributed by atoms with E-state index in [9.17, 15) is 9.59 Å². The van der Waals surface area contributed by atoms with Crippen molar-refractivity contribution in [3.8, 4) is 0 Å². The van der Waals surface area contributed by atoms with E-state index in [2.05, 4.69) is 29.0 Å². The standard InChI is InChI=1S/C15H23N3O2S/c1-11-6-8-21-13(11)9-18(2)10-14(19)17-12-5-3-4-7-16-15(12)20/h6,8,12H,3-5,7,9-10H2,1-2H3,(H,16,20)(H,17,19). The van der Waals surface area contributed by atoms with E-state index < -0.39 is 0 Å². The zero-order valence-electron chi connectivity index (χ0n) is 12.6. The highest BCUT2D eigenvalue weighted by molar-refractivity contribution is 7.10. The Morgan fingerprint density at radius 1 is 1.52 bits per heavy atom. The van der Waals surface area contributed by atoms with Gasteiger partial charge in [0.15, 0.2) is 0 Å². The summed E-state index contributed by atoms with van der Waals surface area (Å²) in [5.41, 5.74) is 1.26. The maximum Gasteiger partial charge on any atom is 0.242 e. The first-order chi connectivity index (χ1) is 10.1. The fourth-order valence-corrected chi connectivity index (χ4v) is 3.41. The number of carbonyl (C=O) groups excluding carboxylic acids is 2. The van der Waals surface area contributed by atoms with Gasteiger partial charge in [0.2, 0.25) is 11.8 Å². The Kier molecular flexibility index (Phi) is 5.76. The van der Waals surface area contributed by atoms with Crippen LogP contribution in [-0.4, -0.2) is 42.9 Å². The lowest BCUT2D eigenvalue weighted by Gasteiger charge is -2.19. The summed E-state index contributed by atoms with van der Waals surface area (Å²) in [4.78, 5) is 27.1. The van der Waals surface area contributed by atoms with Crippen molar-refractivity contribution in [1.29, 1.82) is 0 Å². The van der Waals surface area contributed by atoms with E-state index in [4.69, 9.17) is 0 Å². The van der Waals surface area contributed by atoms with Crippen LogP contribution in [0, 0.1) is 6.92 Å². The molecule has 2 heterocycles. The van der Waals surface area contributed by atoms with Crippen molar-refractivity contribution in [2.24, 2.45) is 0 Å². The number of thiophene rings is 1. The molecule has 1 unspecified atom stereocenters. The van der Waals surface area contributed by atoms with Crippen LogP contribution < -0.4 is 10.6 Å². The van der Waals surface area contributed by atoms with Crippen LogP contribution in [0.4, 0.5) is 0 Å². The van der Waals surface area contributed by atoms with Gasteiger partial charge in [0.05, 0.1) is 6.54 Å². The first-order valence-electron chi connectivity index (χ1n) is 7.35. The molecule has 1 saturated heterocycles. The monoisotopic (exact) mass is 309 g/mol. The van der Waals surface area contributed by atoms with Crippen molar-refractivity contribution < 1.29 is 9.59 Å². The van der Waals surface area contributed by atoms with Crippen LogP contribution in [0.5, 0.6) is 0 Å². The molecule has 0 radical (unpaired) electrons. The SMILES string of the molecule is Cc1ccsc1CN(C)CC(=O)NC1CCCCNC1=O. The Bertz CT molecular complexity index is 501. The van der Waals surface area contributed by atoms with E-state index in [-0.39, 0.29) is 17.9 Å². The number of aryl methyl sites for hydroxylation is 1. The largest absolute Gasteiger partial charge is 0.354 e. The summed E-state index contributed by atoms with van der Waals surface area (Å²) in [6, 6.07) is 1.71. The number of rotatable bonds is 5. The van der Waals surface area contributed by atoms with E-state index in [0.717, 1.165) is 25.8 Å². The predicted molar refractivity (Wildman–Crippen MR) is 84.2 cm³/mol. The lowest BCUT2D eigenvalue weighted by atomic mass is 10.1. The van der Waals surface area contributed by atoms with Crippen LogP contribution in [0.1, 0.15) is 29.7 Å². The molecule has 0 bridgehead atoms. The van der Waals surface area contributed by atoms with Gasteiger partial charge >= 0.3 is 0 Å². The topological polar surface area (TPSA) is 61.4 Å². The lowest BCUT2D eigenvalue weighted by Crippen LogP contribution is -2.48. The Morgan fingerprint density at radius 2 is 2.33 bits per heavy atom. The highest BCUT2D eigenvalue weighted by Crippen LogP contribution is 2.17. The maximum atomic E-state index is 12.1. The quantitative estimate of drug-likeness (QED) is 0.861. The summed E-state index contributed by atoms with van der Waals surface area (Å²) in [6.07, 6.45) is 2.68. The Morgan fingerprint density at radius 3 is 3.05 bits per heavy atom. The fourth-order valence-electron chi connectivity index (χ4n) is 2.43. The molecule has 1 aromatic heterocycles. The maximum absolute atomic E-state index is 12.1. The second-order valence-electron chi connectivity index (χ2n) is 5.61. The van der Waals surface area contributed by atoms with E-state index in [0.29, 0.717) is 13.1 Å². The van der Waals surface area contributed by atoms with Gasteiger partial charge in [-0.2, -0.15) is 0 Å². The molecule has 116 valence electrons. The zero-order valence-corrected chi connectivity index (χ0v) is 13.5. The molecule has 1 aliphatic heterocycles. The van der Waals surface area contributed by atoms with Crippen LogP contribution in [0.3, 0.4) is 0 Å². The van der Waals surface area contributed by atoms with Gasteiger partial charge in [0.1, 0.15) is 6.04 Å².